The van der Waals surface area contributed by atoms with E-state index >= 15 is 0 Å². The van der Waals surface area contributed by atoms with E-state index in [1.807, 2.05) is 13.2 Å². The maximum atomic E-state index is 4.49. The Bertz CT molecular complexity index is 299. The summed E-state index contributed by atoms with van der Waals surface area (Å²) in [4.78, 5) is 7.94. The van der Waals surface area contributed by atoms with Crippen molar-refractivity contribution in [2.45, 2.75) is 38.0 Å². The molecule has 0 amide bonds. The van der Waals surface area contributed by atoms with E-state index in [4.69, 9.17) is 0 Å². The van der Waals surface area contributed by atoms with Gasteiger partial charge in [-0.25, -0.2) is 4.98 Å². The Morgan fingerprint density at radius 1 is 1.57 bits per heavy atom. The zero-order valence-electron chi connectivity index (χ0n) is 9.06. The topological polar surface area (TPSA) is 40.7 Å². The van der Waals surface area contributed by atoms with Gasteiger partial charge in [0.2, 0.25) is 0 Å². The summed E-state index contributed by atoms with van der Waals surface area (Å²) >= 11 is 0. The van der Waals surface area contributed by atoms with Gasteiger partial charge in [0.05, 0.1) is 0 Å². The Hall–Kier alpha value is -0.830. The number of aromatic amines is 1. The van der Waals surface area contributed by atoms with Crippen LogP contribution >= 0.6 is 0 Å². The van der Waals surface area contributed by atoms with Crippen LogP contribution in [0.2, 0.25) is 0 Å². The van der Waals surface area contributed by atoms with E-state index in [0.29, 0.717) is 5.41 Å². The summed E-state index contributed by atoms with van der Waals surface area (Å²) < 4.78 is 0. The van der Waals surface area contributed by atoms with Gasteiger partial charge < -0.3 is 10.3 Å². The quantitative estimate of drug-likeness (QED) is 0.746. The van der Waals surface area contributed by atoms with Crippen molar-refractivity contribution in [2.75, 3.05) is 13.6 Å². The number of hydrogen-bond acceptors (Lipinski definition) is 2. The fourth-order valence-corrected chi connectivity index (χ4v) is 2.01. The summed E-state index contributed by atoms with van der Waals surface area (Å²) in [5.74, 6) is 1.19. The Labute approximate surface area is 85.3 Å². The van der Waals surface area contributed by atoms with Crippen molar-refractivity contribution in [1.29, 1.82) is 0 Å². The average Bonchev–Trinajstić information content (AvgIpc) is 2.79. The number of likely N-dealkylation sites (N-methyl/N-ethyl adjacent to an activating group) is 1. The molecule has 0 atom stereocenters. The predicted octanol–water partition coefficient (Wildman–Crippen LogP) is 1.61. The van der Waals surface area contributed by atoms with Crippen LogP contribution in [0, 0.1) is 0 Å². The van der Waals surface area contributed by atoms with E-state index in [1.54, 1.807) is 0 Å². The van der Waals surface area contributed by atoms with Crippen molar-refractivity contribution < 1.29 is 0 Å². The maximum absolute atomic E-state index is 4.49. The highest BCUT2D eigenvalue weighted by Gasteiger charge is 2.46. The van der Waals surface area contributed by atoms with Crippen LogP contribution < -0.4 is 5.32 Å². The van der Waals surface area contributed by atoms with Gasteiger partial charge in [0.1, 0.15) is 5.82 Å². The van der Waals surface area contributed by atoms with Crippen LogP contribution in [0.1, 0.15) is 37.7 Å². The first kappa shape index (κ1) is 9.71. The molecule has 1 heterocycles. The van der Waals surface area contributed by atoms with Crippen molar-refractivity contribution in [1.82, 2.24) is 15.3 Å². The molecule has 3 nitrogen and oxygen atoms in total. The smallest absolute Gasteiger partial charge is 0.113 e. The molecule has 14 heavy (non-hydrogen) atoms. The number of imidazole rings is 1. The summed E-state index contributed by atoms with van der Waals surface area (Å²) in [6.07, 6.45) is 6.83. The summed E-state index contributed by atoms with van der Waals surface area (Å²) in [6.45, 7) is 3.24. The lowest BCUT2D eigenvalue weighted by atomic mass is 10.1. The number of hydrogen-bond donors (Lipinski definition) is 2. The summed E-state index contributed by atoms with van der Waals surface area (Å²) in [5, 5.41) is 3.25. The molecule has 0 saturated heterocycles. The molecule has 78 valence electrons. The Morgan fingerprint density at radius 2 is 2.36 bits per heavy atom. The number of nitrogens with zero attached hydrogens (tertiary/aromatic N) is 1. The number of H-pyrrole nitrogens is 1. The number of aryl methyl sites for hydroxylation is 1. The van der Waals surface area contributed by atoms with Crippen LogP contribution in [0.15, 0.2) is 6.20 Å². The molecule has 2 rings (SSSR count). The minimum Gasteiger partial charge on any atom is -0.345 e. The minimum atomic E-state index is 0.334. The van der Waals surface area contributed by atoms with Gasteiger partial charge >= 0.3 is 0 Å². The molecule has 2 N–H and O–H groups in total. The predicted molar refractivity (Wildman–Crippen MR) is 57.4 cm³/mol. The normalized spacial score (nSPS) is 18.4. The largest absolute Gasteiger partial charge is 0.345 e. The second kappa shape index (κ2) is 3.73. The molecule has 3 heteroatoms. The molecule has 0 radical (unpaired) electrons. The lowest BCUT2D eigenvalue weighted by Crippen LogP contribution is -2.24. The summed E-state index contributed by atoms with van der Waals surface area (Å²) in [7, 11) is 2.01. The third-order valence-corrected chi connectivity index (χ3v) is 3.02. The van der Waals surface area contributed by atoms with Crippen LogP contribution in [0.3, 0.4) is 0 Å². The van der Waals surface area contributed by atoms with E-state index in [1.165, 1.54) is 30.8 Å². The molecule has 0 spiro atoms. The van der Waals surface area contributed by atoms with E-state index in [0.717, 1.165) is 13.0 Å². The number of nitrogens with one attached hydrogen (secondary N) is 2. The van der Waals surface area contributed by atoms with E-state index in [-0.39, 0.29) is 0 Å². The number of rotatable bonds is 5. The molecule has 1 saturated carbocycles. The molecule has 1 aromatic heterocycles. The van der Waals surface area contributed by atoms with Crippen LogP contribution in [0.5, 0.6) is 0 Å². The van der Waals surface area contributed by atoms with E-state index < -0.39 is 0 Å². The first-order valence-corrected chi connectivity index (χ1v) is 5.50. The SMILES string of the molecule is CCCc1cnc(C2(CNC)CC2)[nH]1. The Balaban J connectivity index is 2.08. The molecule has 1 aliphatic carbocycles. The van der Waals surface area contributed by atoms with Gasteiger partial charge in [0.15, 0.2) is 0 Å². The molecular weight excluding hydrogens is 174 g/mol. The highest BCUT2D eigenvalue weighted by atomic mass is 15.0. The fraction of sp³-hybridized carbons (Fsp3) is 0.727. The van der Waals surface area contributed by atoms with Gasteiger partial charge in [0, 0.05) is 23.9 Å². The average molecular weight is 193 g/mol. The van der Waals surface area contributed by atoms with E-state index in [2.05, 4.69) is 22.2 Å². The molecule has 1 aromatic rings. The first-order valence-electron chi connectivity index (χ1n) is 5.50. The zero-order valence-corrected chi connectivity index (χ0v) is 9.06. The molecule has 0 aliphatic heterocycles. The van der Waals surface area contributed by atoms with Crippen molar-refractivity contribution in [3.8, 4) is 0 Å². The zero-order chi connectivity index (χ0) is 10.0. The standard InChI is InChI=1S/C11H19N3/c1-3-4-9-7-13-10(14-9)11(5-6-11)8-12-2/h7,12H,3-6,8H2,1-2H3,(H,13,14). The van der Waals surface area contributed by atoms with Crippen molar-refractivity contribution in [3.05, 3.63) is 17.7 Å². The molecule has 0 aromatic carbocycles. The second-order valence-corrected chi connectivity index (χ2v) is 4.32. The second-order valence-electron chi connectivity index (χ2n) is 4.32. The summed E-state index contributed by atoms with van der Waals surface area (Å²) in [5.41, 5.74) is 1.62. The fourth-order valence-electron chi connectivity index (χ4n) is 2.01. The van der Waals surface area contributed by atoms with Crippen molar-refractivity contribution in [2.24, 2.45) is 0 Å². The molecule has 1 fully saturated rings. The minimum absolute atomic E-state index is 0.334. The molecule has 0 bridgehead atoms. The highest BCUT2D eigenvalue weighted by Crippen LogP contribution is 2.46. The lowest BCUT2D eigenvalue weighted by Gasteiger charge is -2.10. The van der Waals surface area contributed by atoms with Crippen LogP contribution in [0.4, 0.5) is 0 Å². The highest BCUT2D eigenvalue weighted by molar-refractivity contribution is 5.21. The van der Waals surface area contributed by atoms with Gasteiger partial charge in [-0.2, -0.15) is 0 Å². The maximum Gasteiger partial charge on any atom is 0.113 e. The third kappa shape index (κ3) is 1.69. The van der Waals surface area contributed by atoms with Crippen molar-refractivity contribution >= 4 is 0 Å². The number of aromatic nitrogens is 2. The Kier molecular flexibility index (Phi) is 2.59. The van der Waals surface area contributed by atoms with Gasteiger partial charge in [-0.15, -0.1) is 0 Å². The monoisotopic (exact) mass is 193 g/mol. The Morgan fingerprint density at radius 3 is 2.93 bits per heavy atom. The van der Waals surface area contributed by atoms with Crippen molar-refractivity contribution in [3.63, 3.8) is 0 Å². The molecule has 1 aliphatic rings. The van der Waals surface area contributed by atoms with Gasteiger partial charge in [-0.1, -0.05) is 13.3 Å². The van der Waals surface area contributed by atoms with Crippen LogP contribution in [-0.4, -0.2) is 23.6 Å². The molecule has 0 unspecified atom stereocenters. The first-order chi connectivity index (χ1) is 6.80. The van der Waals surface area contributed by atoms with Crippen LogP contribution in [-0.2, 0) is 11.8 Å². The van der Waals surface area contributed by atoms with Crippen LogP contribution in [0.25, 0.3) is 0 Å². The van der Waals surface area contributed by atoms with Gasteiger partial charge in [-0.3, -0.25) is 0 Å². The lowest BCUT2D eigenvalue weighted by molar-refractivity contribution is 0.592. The molecular formula is C11H19N3. The summed E-state index contributed by atoms with van der Waals surface area (Å²) in [6, 6.07) is 0. The third-order valence-electron chi connectivity index (χ3n) is 3.02. The van der Waals surface area contributed by atoms with E-state index in [9.17, 15) is 0 Å². The van der Waals surface area contributed by atoms with Gasteiger partial charge in [0.25, 0.3) is 0 Å². The van der Waals surface area contributed by atoms with Gasteiger partial charge in [-0.05, 0) is 26.3 Å².